The molecule has 0 radical (unpaired) electrons. The SMILES string of the molecule is COc1ccc(-c2noc([C@H](NC(=O)c3ccccc3Cl)C(C)C)n2)cc1. The number of halogens is 1. The lowest BCUT2D eigenvalue weighted by molar-refractivity contribution is 0.0914. The number of methoxy groups -OCH3 is 1. The third kappa shape index (κ3) is 4.28. The Morgan fingerprint density at radius 3 is 2.48 bits per heavy atom. The first-order valence-corrected chi connectivity index (χ1v) is 8.91. The molecule has 0 unspecified atom stereocenters. The lowest BCUT2D eigenvalue weighted by Crippen LogP contribution is -2.32. The first kappa shape index (κ1) is 18.9. The average Bonchev–Trinajstić information content (AvgIpc) is 3.16. The summed E-state index contributed by atoms with van der Waals surface area (Å²) in [6.07, 6.45) is 0. The molecule has 27 heavy (non-hydrogen) atoms. The van der Waals surface area contributed by atoms with Gasteiger partial charge in [-0.15, -0.1) is 0 Å². The standard InChI is InChI=1S/C20H20ClN3O3/c1-12(2)17(22-19(25)15-6-4-5-7-16(15)21)20-23-18(24-27-20)13-8-10-14(26-3)11-9-13/h4-12,17H,1-3H3,(H,22,25)/t17-/m1/s1. The van der Waals surface area contributed by atoms with Crippen LogP contribution in [-0.4, -0.2) is 23.2 Å². The number of hydrogen-bond acceptors (Lipinski definition) is 5. The van der Waals surface area contributed by atoms with Crippen LogP contribution in [0.3, 0.4) is 0 Å². The maximum Gasteiger partial charge on any atom is 0.253 e. The van der Waals surface area contributed by atoms with E-state index in [2.05, 4.69) is 15.5 Å². The lowest BCUT2D eigenvalue weighted by atomic mass is 10.0. The quantitative estimate of drug-likeness (QED) is 0.674. The second-order valence-electron chi connectivity index (χ2n) is 6.36. The van der Waals surface area contributed by atoms with Gasteiger partial charge in [-0.2, -0.15) is 4.98 Å². The molecule has 140 valence electrons. The molecule has 6 nitrogen and oxygen atoms in total. The molecule has 1 atom stereocenters. The van der Waals surface area contributed by atoms with E-state index in [0.717, 1.165) is 11.3 Å². The van der Waals surface area contributed by atoms with Gasteiger partial charge in [-0.1, -0.05) is 42.7 Å². The van der Waals surface area contributed by atoms with Gasteiger partial charge in [0.15, 0.2) is 0 Å². The molecule has 0 aliphatic carbocycles. The van der Waals surface area contributed by atoms with E-state index in [1.165, 1.54) is 0 Å². The molecule has 1 N–H and O–H groups in total. The van der Waals surface area contributed by atoms with Crippen LogP contribution in [0.5, 0.6) is 5.75 Å². The molecule has 2 aromatic carbocycles. The zero-order valence-corrected chi connectivity index (χ0v) is 16.0. The van der Waals surface area contributed by atoms with Gasteiger partial charge in [0.1, 0.15) is 11.8 Å². The van der Waals surface area contributed by atoms with Gasteiger partial charge in [-0.3, -0.25) is 4.79 Å². The number of nitrogens with one attached hydrogen (secondary N) is 1. The zero-order valence-electron chi connectivity index (χ0n) is 15.3. The Morgan fingerprint density at radius 2 is 1.85 bits per heavy atom. The summed E-state index contributed by atoms with van der Waals surface area (Å²) in [6, 6.07) is 13.8. The third-order valence-electron chi connectivity index (χ3n) is 4.13. The molecule has 0 aliphatic rings. The monoisotopic (exact) mass is 385 g/mol. The maximum atomic E-state index is 12.6. The fourth-order valence-electron chi connectivity index (χ4n) is 2.60. The molecule has 1 amide bonds. The van der Waals surface area contributed by atoms with Crippen LogP contribution in [0.25, 0.3) is 11.4 Å². The summed E-state index contributed by atoms with van der Waals surface area (Å²) in [5.74, 6) is 1.29. The fraction of sp³-hybridized carbons (Fsp3) is 0.250. The van der Waals surface area contributed by atoms with Crippen LogP contribution in [0.4, 0.5) is 0 Å². The van der Waals surface area contributed by atoms with Gasteiger partial charge in [0.2, 0.25) is 11.7 Å². The Bertz CT molecular complexity index is 922. The molecular formula is C20H20ClN3O3. The van der Waals surface area contributed by atoms with Crippen LogP contribution in [-0.2, 0) is 0 Å². The van der Waals surface area contributed by atoms with Crippen molar-refractivity contribution in [2.75, 3.05) is 7.11 Å². The van der Waals surface area contributed by atoms with Crippen molar-refractivity contribution in [1.29, 1.82) is 0 Å². The Labute approximate surface area is 162 Å². The number of carbonyl (C=O) groups is 1. The van der Waals surface area contributed by atoms with E-state index in [0.29, 0.717) is 22.3 Å². The van der Waals surface area contributed by atoms with Gasteiger partial charge < -0.3 is 14.6 Å². The van der Waals surface area contributed by atoms with E-state index in [9.17, 15) is 4.79 Å². The molecule has 0 aliphatic heterocycles. The Hall–Kier alpha value is -2.86. The minimum atomic E-state index is -0.437. The normalized spacial score (nSPS) is 12.0. The van der Waals surface area contributed by atoms with Crippen LogP contribution in [0.1, 0.15) is 36.1 Å². The minimum absolute atomic E-state index is 0.0422. The van der Waals surface area contributed by atoms with E-state index < -0.39 is 6.04 Å². The number of benzene rings is 2. The van der Waals surface area contributed by atoms with Gasteiger partial charge >= 0.3 is 0 Å². The number of rotatable bonds is 6. The molecule has 7 heteroatoms. The molecule has 0 bridgehead atoms. The van der Waals surface area contributed by atoms with Gasteiger partial charge in [0.05, 0.1) is 17.7 Å². The summed E-state index contributed by atoms with van der Waals surface area (Å²) in [7, 11) is 1.61. The van der Waals surface area contributed by atoms with Crippen LogP contribution >= 0.6 is 11.6 Å². The van der Waals surface area contributed by atoms with E-state index in [4.69, 9.17) is 20.9 Å². The van der Waals surface area contributed by atoms with Crippen molar-refractivity contribution in [1.82, 2.24) is 15.5 Å². The van der Waals surface area contributed by atoms with Crippen molar-refractivity contribution < 1.29 is 14.1 Å². The molecule has 3 aromatic rings. The van der Waals surface area contributed by atoms with Crippen LogP contribution in [0.2, 0.25) is 5.02 Å². The van der Waals surface area contributed by atoms with E-state index >= 15 is 0 Å². The van der Waals surface area contributed by atoms with Crippen LogP contribution < -0.4 is 10.1 Å². The highest BCUT2D eigenvalue weighted by Gasteiger charge is 2.26. The summed E-state index contributed by atoms with van der Waals surface area (Å²) in [5, 5.41) is 7.36. The van der Waals surface area contributed by atoms with Crippen molar-refractivity contribution in [2.24, 2.45) is 5.92 Å². The molecular weight excluding hydrogens is 366 g/mol. The number of aromatic nitrogens is 2. The van der Waals surface area contributed by atoms with Gasteiger partial charge in [-0.25, -0.2) is 0 Å². The summed E-state index contributed by atoms with van der Waals surface area (Å²) in [5.41, 5.74) is 1.20. The van der Waals surface area contributed by atoms with Crippen molar-refractivity contribution >= 4 is 17.5 Å². The highest BCUT2D eigenvalue weighted by atomic mass is 35.5. The second-order valence-corrected chi connectivity index (χ2v) is 6.77. The summed E-state index contributed by atoms with van der Waals surface area (Å²) in [4.78, 5) is 17.1. The number of amides is 1. The molecule has 0 saturated carbocycles. The first-order valence-electron chi connectivity index (χ1n) is 8.53. The van der Waals surface area contributed by atoms with Gasteiger partial charge in [0, 0.05) is 5.56 Å². The predicted molar refractivity (Wildman–Crippen MR) is 103 cm³/mol. The minimum Gasteiger partial charge on any atom is -0.497 e. The summed E-state index contributed by atoms with van der Waals surface area (Å²) < 4.78 is 10.6. The van der Waals surface area contributed by atoms with Crippen molar-refractivity contribution in [3.05, 3.63) is 65.0 Å². The Morgan fingerprint density at radius 1 is 1.15 bits per heavy atom. The van der Waals surface area contributed by atoms with Crippen molar-refractivity contribution in [3.63, 3.8) is 0 Å². The van der Waals surface area contributed by atoms with E-state index in [1.807, 2.05) is 38.1 Å². The largest absolute Gasteiger partial charge is 0.497 e. The Balaban J connectivity index is 1.82. The number of nitrogens with zero attached hydrogens (tertiary/aromatic N) is 2. The summed E-state index contributed by atoms with van der Waals surface area (Å²) >= 11 is 6.11. The lowest BCUT2D eigenvalue weighted by Gasteiger charge is -2.18. The number of ether oxygens (including phenoxy) is 1. The molecule has 0 spiro atoms. The molecule has 0 fully saturated rings. The Kier molecular flexibility index (Phi) is 5.76. The average molecular weight is 386 g/mol. The van der Waals surface area contributed by atoms with Gasteiger partial charge in [0.25, 0.3) is 5.91 Å². The van der Waals surface area contributed by atoms with E-state index in [-0.39, 0.29) is 11.8 Å². The van der Waals surface area contributed by atoms with Crippen LogP contribution in [0, 0.1) is 5.92 Å². The van der Waals surface area contributed by atoms with Gasteiger partial charge in [-0.05, 0) is 42.3 Å². The third-order valence-corrected chi connectivity index (χ3v) is 4.46. The number of carbonyl (C=O) groups excluding carboxylic acids is 1. The summed E-state index contributed by atoms with van der Waals surface area (Å²) in [6.45, 7) is 3.93. The second kappa shape index (κ2) is 8.22. The van der Waals surface area contributed by atoms with Crippen molar-refractivity contribution in [2.45, 2.75) is 19.9 Å². The van der Waals surface area contributed by atoms with E-state index in [1.54, 1.807) is 31.4 Å². The van der Waals surface area contributed by atoms with Crippen molar-refractivity contribution in [3.8, 4) is 17.1 Å². The smallest absolute Gasteiger partial charge is 0.253 e. The molecule has 1 aromatic heterocycles. The maximum absolute atomic E-state index is 12.6. The first-order chi connectivity index (χ1) is 13.0. The fourth-order valence-corrected chi connectivity index (χ4v) is 2.82. The topological polar surface area (TPSA) is 77.3 Å². The molecule has 0 saturated heterocycles. The predicted octanol–water partition coefficient (Wildman–Crippen LogP) is 4.53. The zero-order chi connectivity index (χ0) is 19.4. The highest BCUT2D eigenvalue weighted by molar-refractivity contribution is 6.33. The number of hydrogen-bond donors (Lipinski definition) is 1. The molecule has 1 heterocycles. The molecule has 3 rings (SSSR count). The van der Waals surface area contributed by atoms with Crippen LogP contribution in [0.15, 0.2) is 53.1 Å². The highest BCUT2D eigenvalue weighted by Crippen LogP contribution is 2.26.